The van der Waals surface area contributed by atoms with E-state index in [4.69, 9.17) is 0 Å². The Kier molecular flexibility index (Phi) is 17.3. The molecule has 0 saturated heterocycles. The van der Waals surface area contributed by atoms with Crippen molar-refractivity contribution in [2.75, 3.05) is 7.05 Å². The molecule has 0 aromatic carbocycles. The molecule has 0 fully saturated rings. The summed E-state index contributed by atoms with van der Waals surface area (Å²) in [4.78, 5) is 96.2. The molecule has 12 nitrogen and oxygen atoms in total. The molecule has 3 amide bonds. The Morgan fingerprint density at radius 2 is 0.974 bits per heavy atom. The number of hydrogen-bond donors (Lipinski definition) is 4. The third kappa shape index (κ3) is 17.0. The standard InChI is InChI=1S/C27H44N4O8/c1-16(32)7-11-22(20(5)36)30-25(37)14-10-21(15-19(4)35)29-27(39)24(13-9-18(3)34)31-26(38)23(28-6)12-8-17(2)33/h21-24,28H,7-15H2,1-6H3,(H,29,39)(H,30,37)(H,31,38). The van der Waals surface area contributed by atoms with Crippen LogP contribution in [0.15, 0.2) is 0 Å². The molecule has 4 N–H and O–H groups in total. The molecule has 0 aromatic heterocycles. The number of nitrogens with one attached hydrogen (secondary N) is 4. The summed E-state index contributed by atoms with van der Waals surface area (Å²) in [6, 6.07) is -3.35. The SMILES string of the molecule is CNC(CCC(C)=O)C(=O)NC(CCC(C)=O)C(=O)NC(CCC(=O)NC(CCC(C)=O)C(C)=O)CC(C)=O. The van der Waals surface area contributed by atoms with E-state index in [0.717, 1.165) is 0 Å². The predicted molar refractivity (Wildman–Crippen MR) is 144 cm³/mol. The molecule has 0 saturated carbocycles. The lowest BCUT2D eigenvalue weighted by molar-refractivity contribution is -0.131. The van der Waals surface area contributed by atoms with Gasteiger partial charge >= 0.3 is 0 Å². The molecule has 0 aromatic rings. The van der Waals surface area contributed by atoms with Crippen molar-refractivity contribution in [3.05, 3.63) is 0 Å². The fraction of sp³-hybridized carbons (Fsp3) is 0.704. The average molecular weight is 553 g/mol. The van der Waals surface area contributed by atoms with E-state index in [2.05, 4.69) is 21.3 Å². The van der Waals surface area contributed by atoms with Crippen molar-refractivity contribution in [2.24, 2.45) is 0 Å². The van der Waals surface area contributed by atoms with E-state index >= 15 is 0 Å². The molecule has 0 bridgehead atoms. The molecular formula is C27H44N4O8. The highest BCUT2D eigenvalue weighted by Crippen LogP contribution is 2.09. The fourth-order valence-corrected chi connectivity index (χ4v) is 3.81. The van der Waals surface area contributed by atoms with Crippen LogP contribution in [0.25, 0.3) is 0 Å². The molecule has 0 heterocycles. The van der Waals surface area contributed by atoms with E-state index in [0.29, 0.717) is 0 Å². The molecule has 0 aliphatic carbocycles. The van der Waals surface area contributed by atoms with Gasteiger partial charge in [-0.15, -0.1) is 0 Å². The van der Waals surface area contributed by atoms with Crippen LogP contribution in [-0.2, 0) is 38.4 Å². The number of likely N-dealkylation sites (N-methyl/N-ethyl adjacent to an activating group) is 1. The van der Waals surface area contributed by atoms with Gasteiger partial charge in [-0.25, -0.2) is 0 Å². The first-order valence-corrected chi connectivity index (χ1v) is 13.2. The van der Waals surface area contributed by atoms with Crippen molar-refractivity contribution in [2.45, 2.75) is 117 Å². The Bertz CT molecular complexity index is 917. The minimum atomic E-state index is -1.08. The number of rotatable bonds is 21. The van der Waals surface area contributed by atoms with Crippen molar-refractivity contribution >= 4 is 46.6 Å². The largest absolute Gasteiger partial charge is 0.351 e. The van der Waals surface area contributed by atoms with E-state index < -0.39 is 41.9 Å². The van der Waals surface area contributed by atoms with Crippen molar-refractivity contribution < 1.29 is 38.4 Å². The van der Waals surface area contributed by atoms with Gasteiger partial charge < -0.3 is 35.7 Å². The Balaban J connectivity index is 5.40. The second-order valence-electron chi connectivity index (χ2n) is 10.0. The Morgan fingerprint density at radius 1 is 0.513 bits per heavy atom. The van der Waals surface area contributed by atoms with E-state index in [1.54, 1.807) is 7.05 Å². The highest BCUT2D eigenvalue weighted by atomic mass is 16.2. The molecule has 0 aliphatic heterocycles. The zero-order valence-corrected chi connectivity index (χ0v) is 23.9. The van der Waals surface area contributed by atoms with E-state index in [-0.39, 0.29) is 86.7 Å². The summed E-state index contributed by atoms with van der Waals surface area (Å²) >= 11 is 0. The van der Waals surface area contributed by atoms with E-state index in [9.17, 15) is 38.4 Å². The molecule has 0 radical (unpaired) electrons. The van der Waals surface area contributed by atoms with Gasteiger partial charge in [-0.1, -0.05) is 0 Å². The van der Waals surface area contributed by atoms with Crippen LogP contribution >= 0.6 is 0 Å². The van der Waals surface area contributed by atoms with Gasteiger partial charge in [-0.2, -0.15) is 0 Å². The van der Waals surface area contributed by atoms with Crippen LogP contribution in [0.4, 0.5) is 0 Å². The average Bonchev–Trinajstić information content (AvgIpc) is 2.82. The molecule has 39 heavy (non-hydrogen) atoms. The third-order valence-corrected chi connectivity index (χ3v) is 6.08. The number of hydrogen-bond acceptors (Lipinski definition) is 9. The fourth-order valence-electron chi connectivity index (χ4n) is 3.81. The summed E-state index contributed by atoms with van der Waals surface area (Å²) in [5, 5.41) is 10.7. The highest BCUT2D eigenvalue weighted by Gasteiger charge is 2.27. The number of ketones is 5. The quantitative estimate of drug-likeness (QED) is 0.157. The van der Waals surface area contributed by atoms with Gasteiger partial charge in [0.2, 0.25) is 17.7 Å². The molecular weight excluding hydrogens is 508 g/mol. The minimum Gasteiger partial charge on any atom is -0.351 e. The van der Waals surface area contributed by atoms with Crippen molar-refractivity contribution in [3.8, 4) is 0 Å². The Labute approximate surface area is 230 Å². The second-order valence-corrected chi connectivity index (χ2v) is 10.0. The second kappa shape index (κ2) is 18.9. The van der Waals surface area contributed by atoms with Gasteiger partial charge in [0.1, 0.15) is 29.2 Å². The van der Waals surface area contributed by atoms with Crippen LogP contribution in [-0.4, -0.2) is 77.9 Å². The Hall–Kier alpha value is -3.28. The zero-order valence-electron chi connectivity index (χ0n) is 23.9. The maximum absolute atomic E-state index is 13.1. The number of amides is 3. The molecule has 4 atom stereocenters. The lowest BCUT2D eigenvalue weighted by Crippen LogP contribution is -2.54. The molecule has 220 valence electrons. The minimum absolute atomic E-state index is 0.0275. The summed E-state index contributed by atoms with van der Waals surface area (Å²) in [7, 11) is 1.56. The van der Waals surface area contributed by atoms with Crippen molar-refractivity contribution in [1.29, 1.82) is 0 Å². The van der Waals surface area contributed by atoms with Gasteiger partial charge in [0.25, 0.3) is 0 Å². The first-order chi connectivity index (χ1) is 18.2. The van der Waals surface area contributed by atoms with Gasteiger partial charge in [-0.3, -0.25) is 24.0 Å². The molecule has 12 heteroatoms. The van der Waals surface area contributed by atoms with E-state index in [1.165, 1.54) is 34.6 Å². The molecule has 4 unspecified atom stereocenters. The van der Waals surface area contributed by atoms with Crippen LogP contribution in [0.2, 0.25) is 0 Å². The van der Waals surface area contributed by atoms with Crippen LogP contribution in [0.5, 0.6) is 0 Å². The molecule has 0 rings (SSSR count). The lowest BCUT2D eigenvalue weighted by atomic mass is 10.0. The smallest absolute Gasteiger partial charge is 0.242 e. The topological polar surface area (TPSA) is 185 Å². The van der Waals surface area contributed by atoms with Crippen molar-refractivity contribution in [1.82, 2.24) is 21.3 Å². The zero-order chi connectivity index (χ0) is 30.1. The molecule has 0 spiro atoms. The first-order valence-electron chi connectivity index (χ1n) is 13.2. The molecule has 0 aliphatic rings. The van der Waals surface area contributed by atoms with Gasteiger partial charge in [0.15, 0.2) is 5.78 Å². The van der Waals surface area contributed by atoms with Crippen LogP contribution in [0, 0.1) is 0 Å². The summed E-state index contributed by atoms with van der Waals surface area (Å²) in [6.07, 6.45) is 0.706. The predicted octanol–water partition coefficient (Wildman–Crippen LogP) is 0.485. The monoisotopic (exact) mass is 552 g/mol. The van der Waals surface area contributed by atoms with Gasteiger partial charge in [0.05, 0.1) is 12.1 Å². The van der Waals surface area contributed by atoms with Gasteiger partial charge in [0, 0.05) is 38.1 Å². The normalized spacial score (nSPS) is 13.8. The maximum Gasteiger partial charge on any atom is 0.242 e. The van der Waals surface area contributed by atoms with Crippen LogP contribution in [0.1, 0.15) is 92.4 Å². The van der Waals surface area contributed by atoms with Crippen LogP contribution < -0.4 is 21.3 Å². The van der Waals surface area contributed by atoms with Crippen molar-refractivity contribution in [3.63, 3.8) is 0 Å². The summed E-state index contributed by atoms with van der Waals surface area (Å²) < 4.78 is 0. The Morgan fingerprint density at radius 3 is 1.41 bits per heavy atom. The highest BCUT2D eigenvalue weighted by molar-refractivity contribution is 5.91. The van der Waals surface area contributed by atoms with E-state index in [1.807, 2.05) is 0 Å². The summed E-state index contributed by atoms with van der Waals surface area (Å²) in [5.74, 6) is -2.47. The number of carbonyl (C=O) groups is 8. The summed E-state index contributed by atoms with van der Waals surface area (Å²) in [6.45, 7) is 6.83. The maximum atomic E-state index is 13.1. The summed E-state index contributed by atoms with van der Waals surface area (Å²) in [5.41, 5.74) is 0. The first kappa shape index (κ1) is 35.7. The van der Waals surface area contributed by atoms with Gasteiger partial charge in [-0.05, 0) is 67.3 Å². The number of carbonyl (C=O) groups excluding carboxylic acids is 8. The number of Topliss-reactive ketones (excluding diaryl/α,β-unsaturated/α-hetero) is 5. The lowest BCUT2D eigenvalue weighted by Gasteiger charge is -2.25. The third-order valence-electron chi connectivity index (χ3n) is 6.08. The van der Waals surface area contributed by atoms with Crippen LogP contribution in [0.3, 0.4) is 0 Å².